The number of esters is 2. The second-order valence-electron chi connectivity index (χ2n) is 11.8. The van der Waals surface area contributed by atoms with Crippen LogP contribution in [0.25, 0.3) is 0 Å². The summed E-state index contributed by atoms with van der Waals surface area (Å²) in [7, 11) is 1.41. The van der Waals surface area contributed by atoms with Gasteiger partial charge in [-0.15, -0.1) is 0 Å². The van der Waals surface area contributed by atoms with Crippen molar-refractivity contribution in [1.82, 2.24) is 0 Å². The SMILES string of the molecule is COC(=O)CC[C@@H](C)[C@H]1CC[C@H]2[C@@H]3[C@H](OC(C)=O)CC4CC(=O)CC[C@]4(C)[C@H]3CC(=O)[C@]12C. The molecule has 0 amide bonds. The number of hydrogen-bond acceptors (Lipinski definition) is 6. The van der Waals surface area contributed by atoms with Crippen molar-refractivity contribution in [2.24, 2.45) is 46.3 Å². The summed E-state index contributed by atoms with van der Waals surface area (Å²) in [4.78, 5) is 50.0. The number of methoxy groups -OCH3 is 1. The molecule has 33 heavy (non-hydrogen) atoms. The Kier molecular flexibility index (Phi) is 6.52. The molecule has 0 aromatic rings. The Morgan fingerprint density at radius 2 is 1.85 bits per heavy atom. The van der Waals surface area contributed by atoms with Gasteiger partial charge in [-0.2, -0.15) is 0 Å². The third-order valence-electron chi connectivity index (χ3n) is 10.4. The maximum absolute atomic E-state index is 13.9. The molecular weight excluding hydrogens is 420 g/mol. The molecular formula is C27H40O6. The number of carbonyl (C=O) groups is 4. The highest BCUT2D eigenvalue weighted by molar-refractivity contribution is 5.87. The van der Waals surface area contributed by atoms with Gasteiger partial charge in [-0.25, -0.2) is 0 Å². The minimum atomic E-state index is -0.456. The monoisotopic (exact) mass is 460 g/mol. The van der Waals surface area contributed by atoms with E-state index in [-0.39, 0.29) is 59.0 Å². The molecule has 4 fully saturated rings. The average Bonchev–Trinajstić information content (AvgIpc) is 3.11. The van der Waals surface area contributed by atoms with Crippen molar-refractivity contribution < 1.29 is 28.7 Å². The van der Waals surface area contributed by atoms with Crippen LogP contribution < -0.4 is 0 Å². The van der Waals surface area contributed by atoms with Crippen LogP contribution in [0.3, 0.4) is 0 Å². The highest BCUT2D eigenvalue weighted by atomic mass is 16.5. The molecule has 6 nitrogen and oxygen atoms in total. The maximum atomic E-state index is 13.9. The predicted molar refractivity (Wildman–Crippen MR) is 122 cm³/mol. The molecule has 0 bridgehead atoms. The molecule has 4 aliphatic carbocycles. The van der Waals surface area contributed by atoms with E-state index in [0.717, 1.165) is 32.1 Å². The normalized spacial score (nSPS) is 43.2. The van der Waals surface area contributed by atoms with Gasteiger partial charge in [0.2, 0.25) is 0 Å². The van der Waals surface area contributed by atoms with Crippen molar-refractivity contribution in [3.8, 4) is 0 Å². The lowest BCUT2D eigenvalue weighted by Gasteiger charge is -2.61. The first-order chi connectivity index (χ1) is 15.5. The molecule has 4 saturated carbocycles. The number of fused-ring (bicyclic) bond motifs is 5. The Hall–Kier alpha value is -1.72. The zero-order valence-corrected chi connectivity index (χ0v) is 20.9. The molecule has 6 heteroatoms. The lowest BCUT2D eigenvalue weighted by Crippen LogP contribution is -2.61. The largest absolute Gasteiger partial charge is 0.469 e. The quantitative estimate of drug-likeness (QED) is 0.561. The maximum Gasteiger partial charge on any atom is 0.305 e. The highest BCUT2D eigenvalue weighted by Crippen LogP contribution is 2.67. The molecule has 0 spiro atoms. The van der Waals surface area contributed by atoms with Crippen LogP contribution in [0.5, 0.6) is 0 Å². The van der Waals surface area contributed by atoms with E-state index >= 15 is 0 Å². The minimum absolute atomic E-state index is 0.0548. The average molecular weight is 461 g/mol. The first-order valence-corrected chi connectivity index (χ1v) is 12.8. The van der Waals surface area contributed by atoms with E-state index in [4.69, 9.17) is 9.47 Å². The van der Waals surface area contributed by atoms with Gasteiger partial charge in [0.05, 0.1) is 7.11 Å². The summed E-state index contributed by atoms with van der Waals surface area (Å²) < 4.78 is 10.8. The van der Waals surface area contributed by atoms with Crippen LogP contribution in [0.1, 0.15) is 85.5 Å². The fraction of sp³-hybridized carbons (Fsp3) is 0.852. The van der Waals surface area contributed by atoms with Gasteiger partial charge in [-0.3, -0.25) is 19.2 Å². The molecule has 184 valence electrons. The fourth-order valence-electron chi connectivity index (χ4n) is 8.63. The first-order valence-electron chi connectivity index (χ1n) is 12.8. The van der Waals surface area contributed by atoms with E-state index in [1.54, 1.807) is 0 Å². The number of ether oxygens (including phenoxy) is 2. The van der Waals surface area contributed by atoms with Gasteiger partial charge in [-0.05, 0) is 67.1 Å². The second kappa shape index (κ2) is 8.81. The second-order valence-corrected chi connectivity index (χ2v) is 11.8. The van der Waals surface area contributed by atoms with Crippen molar-refractivity contribution >= 4 is 23.5 Å². The van der Waals surface area contributed by atoms with Gasteiger partial charge in [0.15, 0.2) is 0 Å². The highest BCUT2D eigenvalue weighted by Gasteiger charge is 2.66. The van der Waals surface area contributed by atoms with Crippen LogP contribution in [0.2, 0.25) is 0 Å². The Morgan fingerprint density at radius 1 is 1.12 bits per heavy atom. The van der Waals surface area contributed by atoms with Crippen LogP contribution in [0, 0.1) is 46.3 Å². The van der Waals surface area contributed by atoms with Crippen LogP contribution >= 0.6 is 0 Å². The molecule has 9 atom stereocenters. The summed E-state index contributed by atoms with van der Waals surface area (Å²) in [6.45, 7) is 8.06. The molecule has 0 aliphatic heterocycles. The molecule has 0 N–H and O–H groups in total. The third kappa shape index (κ3) is 3.95. The minimum Gasteiger partial charge on any atom is -0.469 e. The van der Waals surface area contributed by atoms with Crippen LogP contribution in [0.4, 0.5) is 0 Å². The van der Waals surface area contributed by atoms with Gasteiger partial charge in [0, 0.05) is 43.9 Å². The van der Waals surface area contributed by atoms with Crippen LogP contribution in [0.15, 0.2) is 0 Å². The summed E-state index contributed by atoms with van der Waals surface area (Å²) in [6, 6.07) is 0. The molecule has 0 aromatic heterocycles. The Morgan fingerprint density at radius 3 is 2.52 bits per heavy atom. The summed E-state index contributed by atoms with van der Waals surface area (Å²) in [6.07, 6.45) is 5.99. The lowest BCUT2D eigenvalue weighted by molar-refractivity contribution is -0.190. The predicted octanol–water partition coefficient (Wildman–Crippen LogP) is 4.52. The number of carbonyl (C=O) groups excluding carboxylic acids is 4. The van der Waals surface area contributed by atoms with Gasteiger partial charge < -0.3 is 9.47 Å². The van der Waals surface area contributed by atoms with Crippen molar-refractivity contribution in [2.45, 2.75) is 91.6 Å². The fourth-order valence-corrected chi connectivity index (χ4v) is 8.63. The summed E-state index contributed by atoms with van der Waals surface area (Å²) in [5, 5.41) is 0. The molecule has 0 heterocycles. The third-order valence-corrected chi connectivity index (χ3v) is 10.4. The summed E-state index contributed by atoms with van der Waals surface area (Å²) in [5.41, 5.74) is -0.510. The van der Waals surface area contributed by atoms with Crippen molar-refractivity contribution in [1.29, 1.82) is 0 Å². The van der Waals surface area contributed by atoms with Gasteiger partial charge >= 0.3 is 11.9 Å². The van der Waals surface area contributed by atoms with Crippen LogP contribution in [-0.4, -0.2) is 36.7 Å². The Bertz CT molecular complexity index is 834. The van der Waals surface area contributed by atoms with Crippen LogP contribution in [-0.2, 0) is 28.7 Å². The molecule has 4 rings (SSSR count). The van der Waals surface area contributed by atoms with E-state index < -0.39 is 5.41 Å². The van der Waals surface area contributed by atoms with E-state index in [1.165, 1.54) is 14.0 Å². The Labute approximate surface area is 197 Å². The molecule has 0 saturated heterocycles. The van der Waals surface area contributed by atoms with E-state index in [1.807, 2.05) is 0 Å². The molecule has 0 aromatic carbocycles. The molecule has 4 aliphatic rings. The Balaban J connectivity index is 1.65. The summed E-state index contributed by atoms with van der Waals surface area (Å²) >= 11 is 0. The van der Waals surface area contributed by atoms with Crippen molar-refractivity contribution in [2.75, 3.05) is 7.11 Å². The van der Waals surface area contributed by atoms with E-state index in [0.29, 0.717) is 37.2 Å². The summed E-state index contributed by atoms with van der Waals surface area (Å²) in [5.74, 6) is 1.28. The standard InChI is InChI=1S/C27H40O6/c1-15(6-9-24(31)32-5)19-7-8-20-25-21(14-23(30)27(19,20)4)26(3)11-10-18(29)12-17(26)13-22(25)33-16(2)28/h15,17,19-22,25H,6-14H2,1-5H3/t15-,17?,19-,20+,21+,22-,25+,26+,27-/m1/s1. The number of rotatable bonds is 5. The number of hydrogen-bond donors (Lipinski definition) is 0. The van der Waals surface area contributed by atoms with Crippen molar-refractivity contribution in [3.05, 3.63) is 0 Å². The number of ketones is 2. The lowest BCUT2D eigenvalue weighted by atomic mass is 9.43. The van der Waals surface area contributed by atoms with Gasteiger partial charge in [-0.1, -0.05) is 20.8 Å². The number of Topliss-reactive ketones (excluding diaryl/α,β-unsaturated/α-hetero) is 2. The van der Waals surface area contributed by atoms with Gasteiger partial charge in [0.25, 0.3) is 0 Å². The topological polar surface area (TPSA) is 86.7 Å². The zero-order chi connectivity index (χ0) is 24.1. The van der Waals surface area contributed by atoms with E-state index in [2.05, 4.69) is 20.8 Å². The van der Waals surface area contributed by atoms with Gasteiger partial charge in [0.1, 0.15) is 17.7 Å². The van der Waals surface area contributed by atoms with E-state index in [9.17, 15) is 19.2 Å². The first kappa shape index (κ1) is 24.4. The zero-order valence-electron chi connectivity index (χ0n) is 20.9. The molecule has 0 radical (unpaired) electrons. The smallest absolute Gasteiger partial charge is 0.305 e. The van der Waals surface area contributed by atoms with Crippen molar-refractivity contribution in [3.63, 3.8) is 0 Å². The molecule has 1 unspecified atom stereocenters.